The van der Waals surface area contributed by atoms with Gasteiger partial charge in [0.25, 0.3) is 5.91 Å². The van der Waals surface area contributed by atoms with Crippen molar-refractivity contribution in [3.8, 4) is 0 Å². The summed E-state index contributed by atoms with van der Waals surface area (Å²) < 4.78 is 4.79. The molecule has 46 heavy (non-hydrogen) atoms. The Hall–Kier alpha value is -4.17. The molecule has 3 atom stereocenters. The maximum absolute atomic E-state index is 13.6. The third kappa shape index (κ3) is 7.61. The Labute approximate surface area is 287 Å². The van der Waals surface area contributed by atoms with Crippen LogP contribution in [0.2, 0.25) is 0 Å². The van der Waals surface area contributed by atoms with Crippen LogP contribution in [0.25, 0.3) is 0 Å². The molecule has 1 aromatic carbocycles. The first kappa shape index (κ1) is 36.3. The Balaban J connectivity index is 0.00000576. The molecule has 0 aliphatic carbocycles. The van der Waals surface area contributed by atoms with Gasteiger partial charge in [-0.2, -0.15) is 0 Å². The Morgan fingerprint density at radius 2 is 1.76 bits per heavy atom. The second-order valence-electron chi connectivity index (χ2n) is 9.76. The molecule has 6 N–H and O–H groups in total. The van der Waals surface area contributed by atoms with Crippen LogP contribution in [0.3, 0.4) is 0 Å². The Morgan fingerprint density at radius 1 is 1.09 bits per heavy atom. The van der Waals surface area contributed by atoms with Crippen LogP contribution in [0, 0.1) is 0 Å². The zero-order valence-corrected chi connectivity index (χ0v) is 24.5. The summed E-state index contributed by atoms with van der Waals surface area (Å²) in [5.41, 5.74) is -0.0244. The van der Waals surface area contributed by atoms with Gasteiger partial charge in [0, 0.05) is 25.4 Å². The number of rotatable bonds is 10. The summed E-state index contributed by atoms with van der Waals surface area (Å²) in [7, 11) is 0. The van der Waals surface area contributed by atoms with Crippen LogP contribution in [0.15, 0.2) is 36.0 Å². The molecule has 0 saturated carbocycles. The standard InChI is InChI=1S/C26H29N7O11S.Na.H/c1-2-30-9-10-31(22(39)21(30)38)25(42)29-17(13-3-5-14(6-4-13)33(27)26(43)44-11-7-16(34)35)19(36)28-18-20(37)32-15(24(40)41)8-12-45-23(18)32;;/h3-6,8,17-18,23H,2,7,9-12,27H2,1H3,(H,28,36)(H,29,42)(H,34,35)(H,40,41);;/t17-,18-,23-;;/m1../s1. The Morgan fingerprint density at radius 3 is 2.37 bits per heavy atom. The molecule has 18 nitrogen and oxygen atoms in total. The van der Waals surface area contributed by atoms with Gasteiger partial charge in [-0.3, -0.25) is 33.8 Å². The number of aliphatic carboxylic acids is 2. The number of amides is 7. The quantitative estimate of drug-likeness (QED) is 0.0458. The van der Waals surface area contributed by atoms with Crippen LogP contribution in [0.5, 0.6) is 0 Å². The average molecular weight is 672 g/mol. The molecule has 0 radical (unpaired) electrons. The van der Waals surface area contributed by atoms with E-state index in [0.29, 0.717) is 9.91 Å². The van der Waals surface area contributed by atoms with Crippen molar-refractivity contribution in [2.75, 3.05) is 37.0 Å². The Kier molecular flexibility index (Phi) is 12.2. The maximum atomic E-state index is 13.6. The third-order valence-corrected chi connectivity index (χ3v) is 8.26. The number of anilines is 1. The number of imide groups is 1. The molecule has 242 valence electrons. The van der Waals surface area contributed by atoms with Gasteiger partial charge in [0.15, 0.2) is 0 Å². The molecular weight excluding hydrogens is 641 g/mol. The van der Waals surface area contributed by atoms with Crippen LogP contribution in [0.1, 0.15) is 24.9 Å². The molecule has 0 spiro atoms. The van der Waals surface area contributed by atoms with Gasteiger partial charge in [0.2, 0.25) is 5.91 Å². The van der Waals surface area contributed by atoms with Crippen molar-refractivity contribution < 1.29 is 53.3 Å². The summed E-state index contributed by atoms with van der Waals surface area (Å²) in [5, 5.41) is 22.9. The van der Waals surface area contributed by atoms with E-state index in [4.69, 9.17) is 15.7 Å². The number of fused-ring (bicyclic) bond motifs is 1. The summed E-state index contributed by atoms with van der Waals surface area (Å²) in [4.78, 5) is 102. The predicted molar refractivity (Wildman–Crippen MR) is 160 cm³/mol. The van der Waals surface area contributed by atoms with Gasteiger partial charge in [-0.05, 0) is 30.7 Å². The molecule has 4 rings (SSSR count). The molecular formula is C26H30N7NaO11S. The molecule has 0 bridgehead atoms. The summed E-state index contributed by atoms with van der Waals surface area (Å²) in [6, 6.07) is 1.53. The number of likely N-dealkylation sites (N-methyl/N-ethyl adjacent to an activating group) is 1. The molecule has 0 unspecified atom stereocenters. The Bertz CT molecular complexity index is 1470. The number of urea groups is 1. The summed E-state index contributed by atoms with van der Waals surface area (Å²) >= 11 is 1.22. The summed E-state index contributed by atoms with van der Waals surface area (Å²) in [6.07, 6.45) is -0.122. The van der Waals surface area contributed by atoms with E-state index in [1.807, 2.05) is 0 Å². The first-order valence-electron chi connectivity index (χ1n) is 13.5. The van der Waals surface area contributed by atoms with E-state index in [2.05, 4.69) is 10.6 Å². The topological polar surface area (TPSA) is 249 Å². The molecule has 7 amide bonds. The number of hydrogen-bond acceptors (Lipinski definition) is 11. The van der Waals surface area contributed by atoms with Crippen LogP contribution in [-0.4, -0.2) is 146 Å². The average Bonchev–Trinajstić information content (AvgIpc) is 3.02. The number of nitrogens with zero attached hydrogens (tertiary/aromatic N) is 4. The third-order valence-electron chi connectivity index (χ3n) is 7.07. The molecule has 2 saturated heterocycles. The van der Waals surface area contributed by atoms with E-state index in [-0.39, 0.29) is 71.9 Å². The number of hydrazine groups is 1. The number of piperazine rings is 1. The summed E-state index contributed by atoms with van der Waals surface area (Å²) in [5.74, 6) is 0.0169. The SMILES string of the molecule is CCN1CCN(C(=O)N[C@@H](C(=O)N[C@@H]2C(=O)N3C(C(=O)O)=CCS[C@H]23)c2ccc(N(N)C(=O)OCCC(=O)O)cc2)C(=O)C1=O.[NaH]. The fourth-order valence-electron chi connectivity index (χ4n) is 4.67. The minimum absolute atomic E-state index is 0. The number of carbonyl (C=O) groups is 8. The number of carbonyl (C=O) groups excluding carboxylic acids is 6. The van der Waals surface area contributed by atoms with Crippen molar-refractivity contribution in [2.24, 2.45) is 5.84 Å². The van der Waals surface area contributed by atoms with E-state index >= 15 is 0 Å². The fraction of sp³-hybridized carbons (Fsp3) is 0.385. The van der Waals surface area contributed by atoms with Gasteiger partial charge >= 0.3 is 65.4 Å². The van der Waals surface area contributed by atoms with Crippen molar-refractivity contribution >= 4 is 94.7 Å². The normalized spacial score (nSPS) is 19.5. The van der Waals surface area contributed by atoms with Gasteiger partial charge in [0.1, 0.15) is 29.8 Å². The fourth-order valence-corrected chi connectivity index (χ4v) is 5.87. The number of nitrogens with two attached hydrogens (primary N) is 1. The monoisotopic (exact) mass is 671 g/mol. The van der Waals surface area contributed by atoms with Crippen LogP contribution in [0.4, 0.5) is 15.3 Å². The number of carboxylic acid groups (broad SMARTS) is 2. The van der Waals surface area contributed by atoms with Gasteiger partial charge in [-0.25, -0.2) is 25.2 Å². The van der Waals surface area contributed by atoms with E-state index < -0.39 is 78.2 Å². The second kappa shape index (κ2) is 15.4. The van der Waals surface area contributed by atoms with Crippen molar-refractivity contribution in [2.45, 2.75) is 30.8 Å². The number of β-lactam (4-membered cyclic amide) rings is 1. The minimum atomic E-state index is -1.53. The number of thioether (sulfide) groups is 1. The molecule has 3 aliphatic rings. The van der Waals surface area contributed by atoms with Crippen molar-refractivity contribution in [1.82, 2.24) is 25.3 Å². The zero-order chi connectivity index (χ0) is 33.0. The number of nitrogens with one attached hydrogen (secondary N) is 2. The molecule has 0 aromatic heterocycles. The number of benzene rings is 1. The summed E-state index contributed by atoms with van der Waals surface area (Å²) in [6.45, 7) is 1.45. The van der Waals surface area contributed by atoms with Crippen molar-refractivity contribution in [1.29, 1.82) is 0 Å². The van der Waals surface area contributed by atoms with Crippen LogP contribution >= 0.6 is 11.8 Å². The van der Waals surface area contributed by atoms with Crippen LogP contribution < -0.4 is 21.5 Å². The first-order valence-corrected chi connectivity index (χ1v) is 14.5. The molecule has 3 heterocycles. The van der Waals surface area contributed by atoms with Gasteiger partial charge < -0.3 is 30.5 Å². The number of hydrogen-bond donors (Lipinski definition) is 5. The predicted octanol–water partition coefficient (Wildman–Crippen LogP) is -1.86. The van der Waals surface area contributed by atoms with Crippen molar-refractivity contribution in [3.63, 3.8) is 0 Å². The zero-order valence-electron chi connectivity index (χ0n) is 23.7. The van der Waals surface area contributed by atoms with Gasteiger partial charge in [-0.1, -0.05) is 12.1 Å². The number of ether oxygens (including phenoxy) is 1. The van der Waals surface area contributed by atoms with E-state index in [9.17, 15) is 43.5 Å². The van der Waals surface area contributed by atoms with E-state index in [0.717, 1.165) is 4.90 Å². The van der Waals surface area contributed by atoms with Crippen LogP contribution in [-0.2, 0) is 33.5 Å². The second-order valence-corrected chi connectivity index (χ2v) is 10.9. The molecule has 20 heteroatoms. The number of carboxylic acids is 2. The van der Waals surface area contributed by atoms with Gasteiger partial charge in [-0.15, -0.1) is 11.8 Å². The van der Waals surface area contributed by atoms with Gasteiger partial charge in [0.05, 0.1) is 12.1 Å². The van der Waals surface area contributed by atoms with E-state index in [1.54, 1.807) is 6.92 Å². The van der Waals surface area contributed by atoms with E-state index in [1.165, 1.54) is 47.0 Å². The molecule has 3 aliphatic heterocycles. The van der Waals surface area contributed by atoms with Crippen molar-refractivity contribution in [3.05, 3.63) is 41.6 Å². The molecule has 2 fully saturated rings. The first-order chi connectivity index (χ1) is 21.3. The molecule has 1 aromatic rings.